The highest BCUT2D eigenvalue weighted by atomic mass is 32.1. The molecule has 1 fully saturated rings. The lowest BCUT2D eigenvalue weighted by molar-refractivity contribution is -0.188. The minimum absolute atomic E-state index is 0.0689. The number of pyridine rings is 1. The van der Waals surface area contributed by atoms with Gasteiger partial charge in [0.05, 0.1) is 33.9 Å². The fraction of sp³-hybridized carbons (Fsp3) is 0.458. The Bertz CT molecular complexity index is 1450. The molecule has 7 nitrogen and oxygen atoms in total. The van der Waals surface area contributed by atoms with Crippen molar-refractivity contribution in [3.8, 4) is 6.07 Å². The van der Waals surface area contributed by atoms with Crippen molar-refractivity contribution in [2.75, 3.05) is 6.61 Å². The highest BCUT2D eigenvalue weighted by Gasteiger charge is 2.62. The third-order valence-electron chi connectivity index (χ3n) is 6.78. The zero-order valence-corrected chi connectivity index (χ0v) is 20.0. The standard InChI is InChI=1S/C24H22F3N5O2S/c1-13-15(11-28)9-16-17(3-5-23(6-7-23)24(25,26)27)30-20(31-21(16)29-13)14-4-8-34-18(10-14)19-12-32(2)22(33)35-19/h9-10,12,18H,3-8H2,1-2H3. The van der Waals surface area contributed by atoms with Crippen molar-refractivity contribution in [1.29, 1.82) is 5.26 Å². The second kappa shape index (κ2) is 8.53. The Morgan fingerprint density at radius 1 is 1.31 bits per heavy atom. The molecule has 0 spiro atoms. The summed E-state index contributed by atoms with van der Waals surface area (Å²) in [6, 6.07) is 3.70. The average Bonchev–Trinajstić information content (AvgIpc) is 3.56. The number of hydrogen-bond acceptors (Lipinski definition) is 7. The highest BCUT2D eigenvalue weighted by molar-refractivity contribution is 7.09. The first-order valence-corrected chi connectivity index (χ1v) is 12.1. The van der Waals surface area contributed by atoms with Gasteiger partial charge in [0.15, 0.2) is 11.5 Å². The van der Waals surface area contributed by atoms with E-state index in [1.165, 1.54) is 4.57 Å². The summed E-state index contributed by atoms with van der Waals surface area (Å²) in [4.78, 5) is 26.3. The molecule has 2 aliphatic rings. The minimum atomic E-state index is -4.25. The first-order chi connectivity index (χ1) is 16.6. The van der Waals surface area contributed by atoms with E-state index in [1.54, 1.807) is 26.2 Å². The SMILES string of the molecule is Cc1nc2nc(C3=CC(c4cn(C)c(=O)s4)OCC3)nc(CCC3(C(F)(F)F)CC3)c2cc1C#N. The van der Waals surface area contributed by atoms with Crippen LogP contribution in [0.2, 0.25) is 0 Å². The van der Waals surface area contributed by atoms with Gasteiger partial charge in [-0.05, 0) is 56.7 Å². The van der Waals surface area contributed by atoms with Gasteiger partial charge in [-0.2, -0.15) is 18.4 Å². The molecule has 0 N–H and O–H groups in total. The van der Waals surface area contributed by atoms with E-state index in [9.17, 15) is 23.2 Å². The first kappa shape index (κ1) is 23.6. The van der Waals surface area contributed by atoms with Gasteiger partial charge in [-0.1, -0.05) is 11.3 Å². The van der Waals surface area contributed by atoms with Crippen molar-refractivity contribution in [2.45, 2.75) is 51.3 Å². The number of ether oxygens (including phenoxy) is 1. The maximum absolute atomic E-state index is 13.6. The fourth-order valence-corrected chi connectivity index (χ4v) is 5.23. The molecule has 5 rings (SSSR count). The minimum Gasteiger partial charge on any atom is -0.368 e. The second-order valence-corrected chi connectivity index (χ2v) is 10.1. The molecule has 0 saturated heterocycles. The predicted molar refractivity (Wildman–Crippen MR) is 124 cm³/mol. The van der Waals surface area contributed by atoms with Gasteiger partial charge in [0.25, 0.3) is 0 Å². The largest absolute Gasteiger partial charge is 0.394 e. The van der Waals surface area contributed by atoms with Gasteiger partial charge in [-0.15, -0.1) is 0 Å². The molecule has 182 valence electrons. The lowest BCUT2D eigenvalue weighted by Crippen LogP contribution is -2.25. The summed E-state index contributed by atoms with van der Waals surface area (Å²) in [5.74, 6) is 0.387. The molecule has 3 aromatic heterocycles. The number of aryl methyl sites for hydroxylation is 3. The molecule has 0 bridgehead atoms. The molecular weight excluding hydrogens is 479 g/mol. The Balaban J connectivity index is 1.56. The van der Waals surface area contributed by atoms with Crippen molar-refractivity contribution in [3.63, 3.8) is 0 Å². The van der Waals surface area contributed by atoms with Crippen LogP contribution < -0.4 is 4.87 Å². The summed E-state index contributed by atoms with van der Waals surface area (Å²) in [7, 11) is 1.67. The van der Waals surface area contributed by atoms with Crippen LogP contribution >= 0.6 is 11.3 Å². The molecule has 4 heterocycles. The van der Waals surface area contributed by atoms with Gasteiger partial charge in [0.1, 0.15) is 12.2 Å². The van der Waals surface area contributed by atoms with Crippen LogP contribution in [0.5, 0.6) is 0 Å². The van der Waals surface area contributed by atoms with E-state index in [-0.39, 0.29) is 30.6 Å². The van der Waals surface area contributed by atoms with Crippen molar-refractivity contribution in [2.24, 2.45) is 12.5 Å². The molecule has 1 atom stereocenters. The molecule has 1 aliphatic carbocycles. The summed E-state index contributed by atoms with van der Waals surface area (Å²) in [6.45, 7) is 2.09. The molecule has 1 aliphatic heterocycles. The van der Waals surface area contributed by atoms with E-state index in [4.69, 9.17) is 4.74 Å². The van der Waals surface area contributed by atoms with Crippen molar-refractivity contribution < 1.29 is 17.9 Å². The molecule has 0 amide bonds. The number of alkyl halides is 3. The zero-order valence-electron chi connectivity index (χ0n) is 19.1. The predicted octanol–water partition coefficient (Wildman–Crippen LogP) is 4.79. The molecule has 0 radical (unpaired) electrons. The molecule has 11 heteroatoms. The van der Waals surface area contributed by atoms with E-state index in [0.717, 1.165) is 21.8 Å². The van der Waals surface area contributed by atoms with E-state index in [0.29, 0.717) is 46.8 Å². The maximum Gasteiger partial charge on any atom is 0.394 e. The van der Waals surface area contributed by atoms with Crippen LogP contribution in [0.25, 0.3) is 16.6 Å². The summed E-state index contributed by atoms with van der Waals surface area (Å²) >= 11 is 1.10. The summed E-state index contributed by atoms with van der Waals surface area (Å²) in [5.41, 5.74) is 0.779. The van der Waals surface area contributed by atoms with E-state index in [2.05, 4.69) is 21.0 Å². The van der Waals surface area contributed by atoms with E-state index < -0.39 is 17.7 Å². The van der Waals surface area contributed by atoms with Crippen LogP contribution in [0.4, 0.5) is 13.2 Å². The molecular formula is C24H22F3N5O2S. The van der Waals surface area contributed by atoms with Gasteiger partial charge in [0, 0.05) is 18.6 Å². The lowest BCUT2D eigenvalue weighted by atomic mass is 9.96. The topological polar surface area (TPSA) is 93.7 Å². The quantitative estimate of drug-likeness (QED) is 0.499. The van der Waals surface area contributed by atoms with Crippen molar-refractivity contribution >= 4 is 27.9 Å². The number of halogens is 3. The van der Waals surface area contributed by atoms with Crippen LogP contribution in [0, 0.1) is 23.7 Å². The number of aromatic nitrogens is 4. The molecule has 1 saturated carbocycles. The van der Waals surface area contributed by atoms with Crippen LogP contribution in [0.15, 0.2) is 23.1 Å². The Kier molecular flexibility index (Phi) is 5.76. The second-order valence-electron chi connectivity index (χ2n) is 9.12. The van der Waals surface area contributed by atoms with Gasteiger partial charge in [-0.25, -0.2) is 15.0 Å². The lowest BCUT2D eigenvalue weighted by Gasteiger charge is -2.21. The number of nitriles is 1. The van der Waals surface area contributed by atoms with Gasteiger partial charge >= 0.3 is 11.0 Å². The number of hydrogen-bond donors (Lipinski definition) is 0. The Morgan fingerprint density at radius 2 is 2.09 bits per heavy atom. The summed E-state index contributed by atoms with van der Waals surface area (Å²) in [6.07, 6.45) is -0.303. The van der Waals surface area contributed by atoms with Crippen molar-refractivity contribution in [3.05, 3.63) is 55.7 Å². The van der Waals surface area contributed by atoms with Gasteiger partial charge < -0.3 is 9.30 Å². The first-order valence-electron chi connectivity index (χ1n) is 11.2. The van der Waals surface area contributed by atoms with Crippen molar-refractivity contribution in [1.82, 2.24) is 19.5 Å². The summed E-state index contributed by atoms with van der Waals surface area (Å²) in [5, 5.41) is 9.94. The molecule has 35 heavy (non-hydrogen) atoms. The Hall–Kier alpha value is -3.10. The van der Waals surface area contributed by atoms with E-state index in [1.807, 2.05) is 6.08 Å². The maximum atomic E-state index is 13.6. The van der Waals surface area contributed by atoms with Crippen LogP contribution in [0.1, 0.15) is 59.4 Å². The highest BCUT2D eigenvalue weighted by Crippen LogP contribution is 2.60. The van der Waals surface area contributed by atoms with Crippen LogP contribution in [-0.2, 0) is 18.2 Å². The number of nitrogens with zero attached hydrogens (tertiary/aromatic N) is 5. The normalized spacial score (nSPS) is 19.4. The monoisotopic (exact) mass is 501 g/mol. The van der Waals surface area contributed by atoms with Gasteiger partial charge in [0.2, 0.25) is 0 Å². The Labute approximate surface area is 202 Å². The zero-order chi connectivity index (χ0) is 25.0. The number of thiazole rings is 1. The third-order valence-corrected chi connectivity index (χ3v) is 7.81. The smallest absolute Gasteiger partial charge is 0.368 e. The third kappa shape index (κ3) is 4.36. The summed E-state index contributed by atoms with van der Waals surface area (Å²) < 4.78 is 48.0. The van der Waals surface area contributed by atoms with E-state index >= 15 is 0 Å². The number of rotatable bonds is 5. The average molecular weight is 502 g/mol. The molecule has 1 unspecified atom stereocenters. The fourth-order valence-electron chi connectivity index (χ4n) is 4.37. The van der Waals surface area contributed by atoms with Crippen LogP contribution in [-0.4, -0.2) is 32.3 Å². The van der Waals surface area contributed by atoms with Gasteiger partial charge in [-0.3, -0.25) is 4.79 Å². The molecule has 0 aromatic carbocycles. The Morgan fingerprint density at radius 3 is 2.71 bits per heavy atom. The molecule has 3 aromatic rings. The number of fused-ring (bicyclic) bond motifs is 1. The van der Waals surface area contributed by atoms with Crippen LogP contribution in [0.3, 0.4) is 0 Å².